The zero-order chi connectivity index (χ0) is 38.4. The summed E-state index contributed by atoms with van der Waals surface area (Å²) in [4.78, 5) is 2.39. The molecule has 1 heterocycles. The minimum atomic E-state index is 0.882. The summed E-state index contributed by atoms with van der Waals surface area (Å²) in [6.07, 6.45) is 0. The van der Waals surface area contributed by atoms with Crippen molar-refractivity contribution in [3.63, 3.8) is 0 Å². The lowest BCUT2D eigenvalue weighted by molar-refractivity contribution is 0.673. The molecular formula is C56H37NO. The molecule has 0 aliphatic rings. The third kappa shape index (κ3) is 5.82. The molecule has 0 unspecified atom stereocenters. The van der Waals surface area contributed by atoms with Crippen molar-refractivity contribution in [1.29, 1.82) is 0 Å². The van der Waals surface area contributed by atoms with E-state index < -0.39 is 0 Å². The van der Waals surface area contributed by atoms with Crippen LogP contribution in [0.4, 0.5) is 17.1 Å². The maximum absolute atomic E-state index is 6.65. The number of benzene rings is 10. The number of anilines is 3. The molecule has 0 fully saturated rings. The average Bonchev–Trinajstić information content (AvgIpc) is 3.70. The van der Waals surface area contributed by atoms with Crippen LogP contribution in [0.5, 0.6) is 0 Å². The Morgan fingerprint density at radius 3 is 1.64 bits per heavy atom. The Kier molecular flexibility index (Phi) is 8.19. The molecule has 58 heavy (non-hydrogen) atoms. The van der Waals surface area contributed by atoms with Crippen LogP contribution in [0.25, 0.3) is 88.0 Å². The molecule has 0 atom stereocenters. The lowest BCUT2D eigenvalue weighted by Crippen LogP contribution is -2.11. The van der Waals surface area contributed by atoms with Crippen LogP contribution < -0.4 is 4.90 Å². The highest BCUT2D eigenvalue weighted by molar-refractivity contribution is 6.19. The van der Waals surface area contributed by atoms with Crippen LogP contribution in [0.2, 0.25) is 0 Å². The Bertz CT molecular complexity index is 3260. The van der Waals surface area contributed by atoms with Gasteiger partial charge in [0, 0.05) is 33.1 Å². The number of fused-ring (bicyclic) bond motifs is 6. The number of hydrogen-bond acceptors (Lipinski definition) is 2. The Morgan fingerprint density at radius 2 is 0.845 bits per heavy atom. The second kappa shape index (κ2) is 14.1. The Morgan fingerprint density at radius 1 is 0.310 bits per heavy atom. The van der Waals surface area contributed by atoms with Crippen molar-refractivity contribution in [2.24, 2.45) is 0 Å². The molecule has 2 nitrogen and oxygen atoms in total. The van der Waals surface area contributed by atoms with E-state index in [0.717, 1.165) is 55.5 Å². The molecule has 1 aromatic heterocycles. The zero-order valence-corrected chi connectivity index (χ0v) is 31.7. The van der Waals surface area contributed by atoms with E-state index in [-0.39, 0.29) is 0 Å². The van der Waals surface area contributed by atoms with Crippen LogP contribution in [0, 0.1) is 0 Å². The fraction of sp³-hybridized carbons (Fsp3) is 0. The van der Waals surface area contributed by atoms with E-state index in [9.17, 15) is 0 Å². The molecule has 0 aliphatic heterocycles. The fourth-order valence-electron chi connectivity index (χ4n) is 8.68. The quantitative estimate of drug-likeness (QED) is 0.162. The van der Waals surface area contributed by atoms with Gasteiger partial charge < -0.3 is 9.32 Å². The largest absolute Gasteiger partial charge is 0.455 e. The third-order valence-corrected chi connectivity index (χ3v) is 11.5. The molecule has 11 aromatic rings. The monoisotopic (exact) mass is 739 g/mol. The van der Waals surface area contributed by atoms with E-state index in [1.807, 2.05) is 0 Å². The lowest BCUT2D eigenvalue weighted by Gasteiger charge is -2.28. The van der Waals surface area contributed by atoms with Crippen LogP contribution in [0.15, 0.2) is 229 Å². The first kappa shape index (κ1) is 33.6. The summed E-state index contributed by atoms with van der Waals surface area (Å²) in [5.41, 5.74) is 14.5. The van der Waals surface area contributed by atoms with E-state index in [1.54, 1.807) is 0 Å². The first-order valence-corrected chi connectivity index (χ1v) is 19.8. The van der Waals surface area contributed by atoms with Crippen molar-refractivity contribution in [2.45, 2.75) is 0 Å². The number of hydrogen-bond donors (Lipinski definition) is 0. The summed E-state index contributed by atoms with van der Waals surface area (Å²) in [5.74, 6) is 0. The van der Waals surface area contributed by atoms with Crippen molar-refractivity contribution < 1.29 is 4.42 Å². The fourth-order valence-corrected chi connectivity index (χ4v) is 8.68. The standard InChI is InChI=1S/C56H37NO/c1-2-13-38(14-3-1)39-27-32-45(33-28-39)57(46-34-29-40(30-35-46)43-18-10-19-44(37-43)48-23-11-17-41-15-4-6-20-47(41)48)53-25-9-8-22-50(53)51-24-12-26-54-55(51)52-36-31-42-16-5-7-21-49(42)56(52)58-54/h1-37H. The summed E-state index contributed by atoms with van der Waals surface area (Å²) in [5, 5.41) is 7.04. The summed E-state index contributed by atoms with van der Waals surface area (Å²) in [6.45, 7) is 0. The molecule has 2 heteroatoms. The van der Waals surface area contributed by atoms with Crippen LogP contribution in [-0.4, -0.2) is 0 Å². The van der Waals surface area contributed by atoms with E-state index >= 15 is 0 Å². The van der Waals surface area contributed by atoms with Crippen molar-refractivity contribution in [3.05, 3.63) is 224 Å². The van der Waals surface area contributed by atoms with E-state index in [0.29, 0.717) is 0 Å². The smallest absolute Gasteiger partial charge is 0.143 e. The van der Waals surface area contributed by atoms with E-state index in [4.69, 9.17) is 4.42 Å². The summed E-state index contributed by atoms with van der Waals surface area (Å²) >= 11 is 0. The molecule has 0 radical (unpaired) electrons. The van der Waals surface area contributed by atoms with Crippen LogP contribution in [0.1, 0.15) is 0 Å². The topological polar surface area (TPSA) is 16.4 Å². The summed E-state index contributed by atoms with van der Waals surface area (Å²) in [7, 11) is 0. The normalized spacial score (nSPS) is 11.4. The molecule has 0 aliphatic carbocycles. The van der Waals surface area contributed by atoms with Gasteiger partial charge in [-0.3, -0.25) is 0 Å². The number of furan rings is 1. The predicted molar refractivity (Wildman–Crippen MR) is 245 cm³/mol. The molecule has 272 valence electrons. The van der Waals surface area contributed by atoms with Crippen molar-refractivity contribution in [3.8, 4) is 44.5 Å². The van der Waals surface area contributed by atoms with E-state index in [1.165, 1.54) is 49.5 Å². The predicted octanol–water partition coefficient (Wildman–Crippen LogP) is 16.0. The molecule has 0 N–H and O–H groups in total. The number of nitrogens with zero attached hydrogens (tertiary/aromatic N) is 1. The Balaban J connectivity index is 1.05. The van der Waals surface area contributed by atoms with Crippen LogP contribution in [0.3, 0.4) is 0 Å². The molecule has 11 rings (SSSR count). The van der Waals surface area contributed by atoms with Gasteiger partial charge in [0.15, 0.2) is 0 Å². The van der Waals surface area contributed by atoms with Crippen molar-refractivity contribution in [2.75, 3.05) is 4.90 Å². The van der Waals surface area contributed by atoms with Gasteiger partial charge in [-0.1, -0.05) is 176 Å². The van der Waals surface area contributed by atoms with Gasteiger partial charge in [-0.2, -0.15) is 0 Å². The van der Waals surface area contributed by atoms with Crippen molar-refractivity contribution >= 4 is 60.5 Å². The zero-order valence-electron chi connectivity index (χ0n) is 31.7. The van der Waals surface area contributed by atoms with Gasteiger partial charge in [0.2, 0.25) is 0 Å². The van der Waals surface area contributed by atoms with E-state index in [2.05, 4.69) is 229 Å². The number of para-hydroxylation sites is 1. The maximum Gasteiger partial charge on any atom is 0.143 e. The van der Waals surface area contributed by atoms with Gasteiger partial charge in [-0.15, -0.1) is 0 Å². The lowest BCUT2D eigenvalue weighted by atomic mass is 9.95. The highest BCUT2D eigenvalue weighted by Gasteiger charge is 2.21. The second-order valence-electron chi connectivity index (χ2n) is 14.9. The minimum Gasteiger partial charge on any atom is -0.455 e. The van der Waals surface area contributed by atoms with Crippen LogP contribution in [-0.2, 0) is 0 Å². The van der Waals surface area contributed by atoms with Gasteiger partial charge in [0.05, 0.1) is 5.69 Å². The molecule has 0 amide bonds. The SMILES string of the molecule is c1ccc(-c2ccc(N(c3ccc(-c4cccc(-c5cccc6ccccc56)c4)cc3)c3ccccc3-c3cccc4oc5c6ccccc6ccc5c34)cc2)cc1. The molecule has 0 saturated heterocycles. The maximum atomic E-state index is 6.65. The van der Waals surface area contributed by atoms with Gasteiger partial charge >= 0.3 is 0 Å². The first-order chi connectivity index (χ1) is 28.8. The first-order valence-electron chi connectivity index (χ1n) is 19.8. The minimum absolute atomic E-state index is 0.882. The van der Waals surface area contributed by atoms with Gasteiger partial charge in [-0.25, -0.2) is 0 Å². The Hall–Kier alpha value is -7.68. The summed E-state index contributed by atoms with van der Waals surface area (Å²) < 4.78 is 6.65. The van der Waals surface area contributed by atoms with Gasteiger partial charge in [-0.05, 0) is 104 Å². The third-order valence-electron chi connectivity index (χ3n) is 11.5. The molecule has 0 saturated carbocycles. The molecule has 10 aromatic carbocycles. The second-order valence-corrected chi connectivity index (χ2v) is 14.9. The van der Waals surface area contributed by atoms with Gasteiger partial charge in [0.25, 0.3) is 0 Å². The highest BCUT2D eigenvalue weighted by Crippen LogP contribution is 2.46. The number of rotatable bonds is 7. The Labute approximate surface area is 337 Å². The highest BCUT2D eigenvalue weighted by atomic mass is 16.3. The molecular weight excluding hydrogens is 703 g/mol. The van der Waals surface area contributed by atoms with Crippen LogP contribution >= 0.6 is 0 Å². The average molecular weight is 740 g/mol. The molecule has 0 bridgehead atoms. The van der Waals surface area contributed by atoms with Gasteiger partial charge in [0.1, 0.15) is 11.2 Å². The molecule has 0 spiro atoms. The van der Waals surface area contributed by atoms with Crippen molar-refractivity contribution in [1.82, 2.24) is 0 Å². The summed E-state index contributed by atoms with van der Waals surface area (Å²) in [6, 6.07) is 80.6.